The minimum atomic E-state index is -0.0403. The number of nitrogens with zero attached hydrogens (tertiary/aromatic N) is 2. The number of para-hydroxylation sites is 1. The fourth-order valence-corrected chi connectivity index (χ4v) is 6.53. The van der Waals surface area contributed by atoms with E-state index in [-0.39, 0.29) is 23.8 Å². The number of carbonyl (C=O) groups excluding carboxylic acids is 2. The molecule has 4 heterocycles. The summed E-state index contributed by atoms with van der Waals surface area (Å²) in [6.07, 6.45) is 2.44. The van der Waals surface area contributed by atoms with Crippen LogP contribution in [0, 0.1) is 5.92 Å². The maximum atomic E-state index is 13.2. The number of piperidine rings is 1. The summed E-state index contributed by atoms with van der Waals surface area (Å²) in [7, 11) is 0. The molecule has 3 aromatic rings. The van der Waals surface area contributed by atoms with E-state index in [2.05, 4.69) is 39.2 Å². The first-order valence-electron chi connectivity index (χ1n) is 11.2. The molecule has 1 aromatic carbocycles. The summed E-state index contributed by atoms with van der Waals surface area (Å²) >= 11 is 3.58. The van der Waals surface area contributed by atoms with Crippen LogP contribution in [0.2, 0.25) is 0 Å². The summed E-state index contributed by atoms with van der Waals surface area (Å²) in [4.78, 5) is 32.8. The third-order valence-corrected chi connectivity index (χ3v) is 8.40. The monoisotopic (exact) mass is 465 g/mol. The van der Waals surface area contributed by atoms with Crippen molar-refractivity contribution in [2.75, 3.05) is 31.5 Å². The molecular formula is C25H27N3O2S2. The lowest BCUT2D eigenvalue weighted by atomic mass is 9.95. The molecule has 0 aliphatic carbocycles. The highest BCUT2D eigenvalue weighted by Crippen LogP contribution is 2.39. The molecule has 1 fully saturated rings. The van der Waals surface area contributed by atoms with Crippen molar-refractivity contribution in [1.29, 1.82) is 0 Å². The van der Waals surface area contributed by atoms with Crippen LogP contribution in [0.1, 0.15) is 34.2 Å². The Morgan fingerprint density at radius 1 is 0.938 bits per heavy atom. The van der Waals surface area contributed by atoms with E-state index in [1.165, 1.54) is 15.3 Å². The number of carbonyl (C=O) groups is 2. The van der Waals surface area contributed by atoms with Crippen molar-refractivity contribution in [2.45, 2.75) is 25.3 Å². The number of benzene rings is 1. The van der Waals surface area contributed by atoms with Gasteiger partial charge in [0.25, 0.3) is 0 Å². The molecule has 1 unspecified atom stereocenters. The van der Waals surface area contributed by atoms with Gasteiger partial charge in [0.2, 0.25) is 11.8 Å². The number of rotatable bonds is 5. The normalized spacial score (nSPS) is 19.5. The molecule has 5 rings (SSSR count). The van der Waals surface area contributed by atoms with E-state index in [0.717, 1.165) is 18.7 Å². The van der Waals surface area contributed by atoms with Crippen LogP contribution in [-0.2, 0) is 16.0 Å². The highest BCUT2D eigenvalue weighted by Gasteiger charge is 2.34. The van der Waals surface area contributed by atoms with Gasteiger partial charge in [-0.2, -0.15) is 0 Å². The second-order valence-electron chi connectivity index (χ2n) is 8.45. The topological polar surface area (TPSA) is 52.7 Å². The molecule has 0 radical (unpaired) electrons. The number of nitrogens with one attached hydrogen (secondary N) is 1. The minimum absolute atomic E-state index is 0.0403. The van der Waals surface area contributed by atoms with Crippen molar-refractivity contribution < 1.29 is 9.59 Å². The molecule has 0 spiro atoms. The molecule has 0 bridgehead atoms. The quantitative estimate of drug-likeness (QED) is 0.598. The number of likely N-dealkylation sites (tertiary alicyclic amines) is 1. The van der Waals surface area contributed by atoms with Crippen molar-refractivity contribution in [2.24, 2.45) is 5.92 Å². The zero-order chi connectivity index (χ0) is 21.9. The molecule has 1 N–H and O–H groups in total. The van der Waals surface area contributed by atoms with Gasteiger partial charge in [-0.25, -0.2) is 0 Å². The van der Waals surface area contributed by atoms with Crippen molar-refractivity contribution >= 4 is 40.2 Å². The number of fused-ring (bicyclic) bond motifs is 1. The van der Waals surface area contributed by atoms with Crippen LogP contribution in [0.4, 0.5) is 5.69 Å². The van der Waals surface area contributed by atoms with Crippen LogP contribution >= 0.6 is 22.7 Å². The summed E-state index contributed by atoms with van der Waals surface area (Å²) in [5.41, 5.74) is 2.18. The first-order valence-corrected chi connectivity index (χ1v) is 12.9. The van der Waals surface area contributed by atoms with Gasteiger partial charge in [0.05, 0.1) is 12.6 Å². The van der Waals surface area contributed by atoms with Crippen LogP contribution in [0.25, 0.3) is 0 Å². The molecular weight excluding hydrogens is 438 g/mol. The Hall–Kier alpha value is -2.48. The van der Waals surface area contributed by atoms with E-state index in [0.29, 0.717) is 32.5 Å². The third kappa shape index (κ3) is 4.51. The van der Waals surface area contributed by atoms with Crippen molar-refractivity contribution in [1.82, 2.24) is 9.80 Å². The fraction of sp³-hybridized carbons (Fsp3) is 0.360. The largest absolute Gasteiger partial charge is 0.342 e. The fourth-order valence-electron chi connectivity index (χ4n) is 4.75. The van der Waals surface area contributed by atoms with E-state index in [4.69, 9.17) is 0 Å². The molecule has 2 aliphatic rings. The molecule has 1 saturated heterocycles. The first-order chi connectivity index (χ1) is 15.7. The first kappa shape index (κ1) is 21.4. The lowest BCUT2D eigenvalue weighted by Crippen LogP contribution is -2.47. The van der Waals surface area contributed by atoms with Gasteiger partial charge in [-0.15, -0.1) is 22.7 Å². The molecule has 0 saturated carbocycles. The Morgan fingerprint density at radius 2 is 1.75 bits per heavy atom. The van der Waals surface area contributed by atoms with E-state index < -0.39 is 0 Å². The zero-order valence-corrected chi connectivity index (χ0v) is 19.5. The van der Waals surface area contributed by atoms with E-state index in [1.807, 2.05) is 46.6 Å². The molecule has 2 aromatic heterocycles. The van der Waals surface area contributed by atoms with Gasteiger partial charge >= 0.3 is 0 Å². The van der Waals surface area contributed by atoms with E-state index >= 15 is 0 Å². The number of anilines is 1. The Balaban J connectivity index is 1.19. The van der Waals surface area contributed by atoms with E-state index in [1.54, 1.807) is 11.3 Å². The van der Waals surface area contributed by atoms with Crippen LogP contribution in [0.5, 0.6) is 0 Å². The van der Waals surface area contributed by atoms with Crippen LogP contribution in [0.15, 0.2) is 59.3 Å². The minimum Gasteiger partial charge on any atom is -0.342 e. The van der Waals surface area contributed by atoms with Crippen molar-refractivity contribution in [3.63, 3.8) is 0 Å². The smallest absolute Gasteiger partial charge is 0.236 e. The zero-order valence-electron chi connectivity index (χ0n) is 17.9. The molecule has 2 aliphatic heterocycles. The average molecular weight is 466 g/mol. The molecule has 166 valence electrons. The lowest BCUT2D eigenvalue weighted by Gasteiger charge is -2.37. The Bertz CT molecular complexity index is 1060. The van der Waals surface area contributed by atoms with Gasteiger partial charge < -0.3 is 10.2 Å². The summed E-state index contributed by atoms with van der Waals surface area (Å²) < 4.78 is 0. The molecule has 2 amide bonds. The summed E-state index contributed by atoms with van der Waals surface area (Å²) in [6.45, 7) is 2.62. The average Bonchev–Trinajstić information content (AvgIpc) is 3.52. The number of hydrogen-bond donors (Lipinski definition) is 1. The highest BCUT2D eigenvalue weighted by atomic mass is 32.1. The van der Waals surface area contributed by atoms with Crippen molar-refractivity contribution in [3.8, 4) is 0 Å². The third-order valence-electron chi connectivity index (χ3n) is 6.48. The molecule has 1 atom stereocenters. The van der Waals surface area contributed by atoms with Gasteiger partial charge in [-0.05, 0) is 59.9 Å². The predicted molar refractivity (Wildman–Crippen MR) is 130 cm³/mol. The van der Waals surface area contributed by atoms with Crippen LogP contribution < -0.4 is 5.32 Å². The SMILES string of the molecule is O=C(Nc1ccccc1)C1CCN(C(=O)CN2CCc3sccc3C2c2cccs2)CC1. The van der Waals surface area contributed by atoms with Gasteiger partial charge in [-0.1, -0.05) is 24.3 Å². The lowest BCUT2D eigenvalue weighted by molar-refractivity contribution is -0.136. The summed E-state index contributed by atoms with van der Waals surface area (Å²) in [6, 6.07) is 16.2. The number of amides is 2. The number of hydrogen-bond acceptors (Lipinski definition) is 5. The standard InChI is InChI=1S/C25H27N3O2S2/c29-23(27-12-8-18(9-13-27)25(30)26-19-5-2-1-3-6-19)17-28-14-10-21-20(11-16-32-21)24(28)22-7-4-15-31-22/h1-7,11,15-16,18,24H,8-10,12-14,17H2,(H,26,30). The maximum absolute atomic E-state index is 13.2. The van der Waals surface area contributed by atoms with Gasteiger partial charge in [0.1, 0.15) is 0 Å². The highest BCUT2D eigenvalue weighted by molar-refractivity contribution is 7.10. The Labute approximate surface area is 196 Å². The number of thiophene rings is 2. The second-order valence-corrected chi connectivity index (χ2v) is 10.4. The Morgan fingerprint density at radius 3 is 2.50 bits per heavy atom. The molecule has 7 heteroatoms. The molecule has 5 nitrogen and oxygen atoms in total. The maximum Gasteiger partial charge on any atom is 0.236 e. The van der Waals surface area contributed by atoms with Gasteiger partial charge in [0.15, 0.2) is 0 Å². The predicted octanol–water partition coefficient (Wildman–Crippen LogP) is 4.63. The second kappa shape index (κ2) is 9.57. The van der Waals surface area contributed by atoms with E-state index in [9.17, 15) is 9.59 Å². The van der Waals surface area contributed by atoms with Crippen molar-refractivity contribution in [3.05, 3.63) is 74.6 Å². The van der Waals surface area contributed by atoms with Gasteiger partial charge in [0, 0.05) is 41.0 Å². The Kier molecular flexibility index (Phi) is 6.39. The molecule has 32 heavy (non-hydrogen) atoms. The summed E-state index contributed by atoms with van der Waals surface area (Å²) in [5, 5.41) is 7.28. The van der Waals surface area contributed by atoms with Gasteiger partial charge in [-0.3, -0.25) is 14.5 Å². The summed E-state index contributed by atoms with van der Waals surface area (Å²) in [5.74, 6) is 0.190. The van der Waals surface area contributed by atoms with Crippen LogP contribution in [-0.4, -0.2) is 47.8 Å². The van der Waals surface area contributed by atoms with Crippen LogP contribution in [0.3, 0.4) is 0 Å².